The highest BCUT2D eigenvalue weighted by molar-refractivity contribution is 5.86. The molecule has 0 saturated carbocycles. The van der Waals surface area contributed by atoms with Crippen molar-refractivity contribution in [3.63, 3.8) is 0 Å². The first-order chi connectivity index (χ1) is 10.1. The van der Waals surface area contributed by atoms with Crippen LogP contribution in [0, 0.1) is 0 Å². The van der Waals surface area contributed by atoms with Crippen LogP contribution in [0.5, 0.6) is 17.2 Å². The van der Waals surface area contributed by atoms with Gasteiger partial charge in [-0.2, -0.15) is 0 Å². The molecule has 0 saturated heterocycles. The number of aliphatic carboxylic acids is 1. The van der Waals surface area contributed by atoms with Gasteiger partial charge in [0.2, 0.25) is 6.79 Å². The molecular formula is C15H18O6. The molecule has 0 fully saturated rings. The highest BCUT2D eigenvalue weighted by atomic mass is 16.7. The number of carbonyl (C=O) groups is 1. The lowest BCUT2D eigenvalue weighted by Crippen LogP contribution is -2.14. The minimum atomic E-state index is -1.02. The lowest BCUT2D eigenvalue weighted by Gasteiger charge is -2.16. The Kier molecular flexibility index (Phi) is 5.05. The van der Waals surface area contributed by atoms with Crippen LogP contribution < -0.4 is 14.2 Å². The van der Waals surface area contributed by atoms with Crippen LogP contribution in [0.3, 0.4) is 0 Å². The molecule has 0 bridgehead atoms. The fourth-order valence-corrected chi connectivity index (χ4v) is 1.89. The minimum absolute atomic E-state index is 0.0673. The third-order valence-corrected chi connectivity index (χ3v) is 2.97. The van der Waals surface area contributed by atoms with E-state index in [4.69, 9.17) is 24.1 Å². The van der Waals surface area contributed by atoms with Gasteiger partial charge in [0, 0.05) is 37.8 Å². The third kappa shape index (κ3) is 4.13. The highest BCUT2D eigenvalue weighted by Gasteiger charge is 2.18. The van der Waals surface area contributed by atoms with Gasteiger partial charge in [-0.05, 0) is 19.1 Å². The number of carboxylic acid groups (broad SMARTS) is 1. The Morgan fingerprint density at radius 3 is 2.81 bits per heavy atom. The van der Waals surface area contributed by atoms with E-state index < -0.39 is 5.97 Å². The van der Waals surface area contributed by atoms with Gasteiger partial charge in [0.25, 0.3) is 0 Å². The molecule has 0 aromatic heterocycles. The molecule has 1 aromatic rings. The van der Waals surface area contributed by atoms with Gasteiger partial charge in [-0.25, -0.2) is 4.79 Å². The fourth-order valence-electron chi connectivity index (χ4n) is 1.89. The average Bonchev–Trinajstić information content (AvgIpc) is 2.89. The topological polar surface area (TPSA) is 74.2 Å². The van der Waals surface area contributed by atoms with E-state index in [0.29, 0.717) is 29.4 Å². The van der Waals surface area contributed by atoms with Crippen LogP contribution in [0.4, 0.5) is 0 Å². The van der Waals surface area contributed by atoms with Gasteiger partial charge in [-0.15, -0.1) is 0 Å². The molecule has 6 nitrogen and oxygen atoms in total. The maximum absolute atomic E-state index is 10.7. The summed E-state index contributed by atoms with van der Waals surface area (Å²) in [6.45, 7) is 2.67. The third-order valence-electron chi connectivity index (χ3n) is 2.97. The smallest absolute Gasteiger partial charge is 0.328 e. The molecule has 1 aliphatic heterocycles. The van der Waals surface area contributed by atoms with Gasteiger partial charge in [0.1, 0.15) is 5.75 Å². The molecule has 1 N–H and O–H groups in total. The lowest BCUT2D eigenvalue weighted by molar-refractivity contribution is -0.131. The first-order valence-corrected chi connectivity index (χ1v) is 6.60. The van der Waals surface area contributed by atoms with E-state index >= 15 is 0 Å². The van der Waals surface area contributed by atoms with Crippen molar-refractivity contribution >= 4 is 12.0 Å². The van der Waals surface area contributed by atoms with Crippen molar-refractivity contribution in [1.82, 2.24) is 0 Å². The van der Waals surface area contributed by atoms with Gasteiger partial charge in [0.15, 0.2) is 11.5 Å². The summed E-state index contributed by atoms with van der Waals surface area (Å²) in [5.74, 6) is 0.708. The molecule has 1 aliphatic rings. The van der Waals surface area contributed by atoms with Gasteiger partial charge in [0.05, 0.1) is 6.10 Å². The van der Waals surface area contributed by atoms with Crippen molar-refractivity contribution in [2.24, 2.45) is 0 Å². The maximum atomic E-state index is 10.7. The Labute approximate surface area is 122 Å². The van der Waals surface area contributed by atoms with E-state index in [9.17, 15) is 4.79 Å². The standard InChI is InChI=1S/C15H18O6/c1-10(5-6-18-2)21-12-8-14-13(19-9-20-14)7-11(12)3-4-15(16)17/h3-4,7-8,10H,5-6,9H2,1-2H3,(H,16,17)/b4-3+. The fraction of sp³-hybridized carbons (Fsp3) is 0.400. The molecule has 21 heavy (non-hydrogen) atoms. The van der Waals surface area contributed by atoms with E-state index in [1.54, 1.807) is 19.2 Å². The van der Waals surface area contributed by atoms with E-state index in [1.165, 1.54) is 6.08 Å². The second-order valence-corrected chi connectivity index (χ2v) is 4.62. The summed E-state index contributed by atoms with van der Waals surface area (Å²) in [7, 11) is 1.63. The summed E-state index contributed by atoms with van der Waals surface area (Å²) < 4.78 is 21.5. The van der Waals surface area contributed by atoms with Gasteiger partial charge in [-0.3, -0.25) is 0 Å². The van der Waals surface area contributed by atoms with Crippen molar-refractivity contribution in [2.75, 3.05) is 20.5 Å². The Balaban J connectivity index is 2.22. The van der Waals surface area contributed by atoms with Crippen LogP contribution >= 0.6 is 0 Å². The molecule has 1 aromatic carbocycles. The maximum Gasteiger partial charge on any atom is 0.328 e. The van der Waals surface area contributed by atoms with Gasteiger partial charge in [-0.1, -0.05) is 0 Å². The Hall–Kier alpha value is -2.21. The quantitative estimate of drug-likeness (QED) is 0.778. The zero-order valence-corrected chi connectivity index (χ0v) is 12.0. The second-order valence-electron chi connectivity index (χ2n) is 4.62. The average molecular weight is 294 g/mol. The number of methoxy groups -OCH3 is 1. The Morgan fingerprint density at radius 1 is 1.43 bits per heavy atom. The summed E-state index contributed by atoms with van der Waals surface area (Å²) in [6.07, 6.45) is 3.20. The molecule has 0 spiro atoms. The predicted octanol–water partition coefficient (Wildman–Crippen LogP) is 2.32. The Morgan fingerprint density at radius 2 is 2.14 bits per heavy atom. The van der Waals surface area contributed by atoms with Crippen LogP contribution in [-0.2, 0) is 9.53 Å². The predicted molar refractivity (Wildman–Crippen MR) is 75.8 cm³/mol. The number of benzene rings is 1. The zero-order chi connectivity index (χ0) is 15.2. The van der Waals surface area contributed by atoms with Crippen LogP contribution in [0.1, 0.15) is 18.9 Å². The molecule has 2 rings (SSSR count). The molecule has 1 unspecified atom stereocenters. The van der Waals surface area contributed by atoms with Crippen LogP contribution in [0.25, 0.3) is 6.08 Å². The zero-order valence-electron chi connectivity index (χ0n) is 12.0. The van der Waals surface area contributed by atoms with Crippen LogP contribution in [-0.4, -0.2) is 37.7 Å². The summed E-state index contributed by atoms with van der Waals surface area (Å²) in [4.78, 5) is 10.7. The van der Waals surface area contributed by atoms with Gasteiger partial charge < -0.3 is 24.1 Å². The van der Waals surface area contributed by atoms with Crippen molar-refractivity contribution < 1.29 is 28.8 Å². The number of fused-ring (bicyclic) bond motifs is 1. The van der Waals surface area contributed by atoms with Gasteiger partial charge >= 0.3 is 5.97 Å². The lowest BCUT2D eigenvalue weighted by atomic mass is 10.1. The summed E-state index contributed by atoms with van der Waals surface area (Å²) in [6, 6.07) is 3.42. The van der Waals surface area contributed by atoms with Crippen molar-refractivity contribution in [2.45, 2.75) is 19.4 Å². The van der Waals surface area contributed by atoms with E-state index in [1.807, 2.05) is 6.92 Å². The number of rotatable bonds is 7. The highest BCUT2D eigenvalue weighted by Crippen LogP contribution is 2.39. The monoisotopic (exact) mass is 294 g/mol. The van der Waals surface area contributed by atoms with Crippen molar-refractivity contribution in [1.29, 1.82) is 0 Å². The number of hydrogen-bond donors (Lipinski definition) is 1. The number of ether oxygens (including phenoxy) is 4. The van der Waals surface area contributed by atoms with Crippen LogP contribution in [0.2, 0.25) is 0 Å². The molecule has 1 atom stereocenters. The summed E-state index contributed by atoms with van der Waals surface area (Å²) in [5, 5.41) is 8.76. The molecule has 0 amide bonds. The van der Waals surface area contributed by atoms with Crippen LogP contribution in [0.15, 0.2) is 18.2 Å². The van der Waals surface area contributed by atoms with Crippen molar-refractivity contribution in [3.05, 3.63) is 23.8 Å². The minimum Gasteiger partial charge on any atom is -0.490 e. The molecule has 0 radical (unpaired) electrons. The summed E-state index contributed by atoms with van der Waals surface area (Å²) in [5.41, 5.74) is 0.630. The summed E-state index contributed by atoms with van der Waals surface area (Å²) >= 11 is 0. The van der Waals surface area contributed by atoms with E-state index in [0.717, 1.165) is 12.5 Å². The largest absolute Gasteiger partial charge is 0.490 e. The number of carboxylic acids is 1. The molecule has 6 heteroatoms. The number of hydrogen-bond acceptors (Lipinski definition) is 5. The van der Waals surface area contributed by atoms with E-state index in [-0.39, 0.29) is 12.9 Å². The van der Waals surface area contributed by atoms with E-state index in [2.05, 4.69) is 0 Å². The molecular weight excluding hydrogens is 276 g/mol. The first kappa shape index (κ1) is 15.2. The normalized spacial score (nSPS) is 14.4. The molecule has 114 valence electrons. The Bertz CT molecular complexity index is 537. The second kappa shape index (κ2) is 6.99. The molecule has 0 aliphatic carbocycles. The molecule has 1 heterocycles. The van der Waals surface area contributed by atoms with Crippen molar-refractivity contribution in [3.8, 4) is 17.2 Å². The first-order valence-electron chi connectivity index (χ1n) is 6.60. The SMILES string of the molecule is COCCC(C)Oc1cc2c(cc1/C=C/C(=O)O)OCO2.